The first kappa shape index (κ1) is 21.1. The van der Waals surface area contributed by atoms with Crippen LogP contribution in [0.4, 0.5) is 25.2 Å². The zero-order valence-electron chi connectivity index (χ0n) is 11.3. The number of hydrogen-bond acceptors (Lipinski definition) is 0. The molecular formula is C9H20ClF6N2P. The molecule has 0 N–H and O–H groups in total. The van der Waals surface area contributed by atoms with Crippen LogP contribution in [0.2, 0.25) is 0 Å². The topological polar surface area (TPSA) is 6.25 Å². The van der Waals surface area contributed by atoms with Crippen molar-refractivity contribution in [2.75, 3.05) is 26.2 Å². The summed E-state index contributed by atoms with van der Waals surface area (Å²) in [5.41, 5.74) is 0. The first-order chi connectivity index (χ1) is 8.15. The van der Waals surface area contributed by atoms with Gasteiger partial charge in [0.2, 0.25) is 0 Å². The Bertz CT molecular complexity index is 291. The summed E-state index contributed by atoms with van der Waals surface area (Å²) in [4.78, 5) is 2.16. The molecule has 0 unspecified atom stereocenters. The van der Waals surface area contributed by atoms with Crippen LogP contribution in [0.1, 0.15) is 27.7 Å². The van der Waals surface area contributed by atoms with E-state index in [4.69, 9.17) is 11.6 Å². The maximum absolute atomic E-state index is 10.7. The summed E-state index contributed by atoms with van der Waals surface area (Å²) in [6.45, 7) is 12.4. The van der Waals surface area contributed by atoms with Crippen molar-refractivity contribution in [1.82, 2.24) is 4.90 Å². The second-order valence-electron chi connectivity index (χ2n) is 3.57. The van der Waals surface area contributed by atoms with Gasteiger partial charge in [0.25, 0.3) is 0 Å². The van der Waals surface area contributed by atoms with Crippen LogP contribution in [0, 0.1) is 0 Å². The number of halogens is 7. The van der Waals surface area contributed by atoms with Gasteiger partial charge in [-0.05, 0) is 27.7 Å². The van der Waals surface area contributed by atoms with Crippen molar-refractivity contribution >= 4 is 24.7 Å². The second-order valence-corrected chi connectivity index (χ2v) is 5.83. The fourth-order valence-corrected chi connectivity index (χ4v) is 1.65. The van der Waals surface area contributed by atoms with E-state index < -0.39 is 7.81 Å². The number of rotatable bonds is 4. The number of hydrogen-bond donors (Lipinski definition) is 0. The van der Waals surface area contributed by atoms with Gasteiger partial charge in [-0.25, -0.2) is 0 Å². The van der Waals surface area contributed by atoms with Gasteiger partial charge in [-0.1, -0.05) is 0 Å². The van der Waals surface area contributed by atoms with Crippen LogP contribution in [-0.2, 0) is 0 Å². The van der Waals surface area contributed by atoms with Gasteiger partial charge >= 0.3 is 38.3 Å². The third-order valence-corrected chi connectivity index (χ3v) is 2.53. The molecule has 0 aromatic heterocycles. The fraction of sp³-hybridized carbons (Fsp3) is 0.889. The maximum atomic E-state index is 9.87. The van der Waals surface area contributed by atoms with Crippen molar-refractivity contribution in [3.63, 3.8) is 0 Å². The van der Waals surface area contributed by atoms with E-state index in [0.29, 0.717) is 0 Å². The molecule has 2 nitrogen and oxygen atoms in total. The van der Waals surface area contributed by atoms with Crippen LogP contribution in [0.25, 0.3) is 0 Å². The summed E-state index contributed by atoms with van der Waals surface area (Å²) in [6.07, 6.45) is 0. The molecular weight excluding hydrogens is 317 g/mol. The molecule has 120 valence electrons. The fourth-order valence-electron chi connectivity index (χ4n) is 1.17. The summed E-state index contributed by atoms with van der Waals surface area (Å²) in [5, 5.41) is 0.880. The van der Waals surface area contributed by atoms with Crippen LogP contribution in [0.15, 0.2) is 0 Å². The first-order valence-corrected chi connectivity index (χ1v) is 8.15. The Labute approximate surface area is 114 Å². The van der Waals surface area contributed by atoms with Crippen LogP contribution in [-0.4, -0.2) is 40.9 Å². The summed E-state index contributed by atoms with van der Waals surface area (Å²) in [7, 11) is -10.7. The number of amidine groups is 1. The van der Waals surface area contributed by atoms with Gasteiger partial charge in [-0.2, -0.15) is 0 Å². The van der Waals surface area contributed by atoms with E-state index >= 15 is 0 Å². The van der Waals surface area contributed by atoms with Gasteiger partial charge in [-0.15, -0.1) is 0 Å². The summed E-state index contributed by atoms with van der Waals surface area (Å²) in [6, 6.07) is 0. The van der Waals surface area contributed by atoms with Gasteiger partial charge in [0.1, 0.15) is 0 Å². The molecule has 0 fully saturated rings. The average Bonchev–Trinajstić information content (AvgIpc) is 2.16. The van der Waals surface area contributed by atoms with E-state index in [0.717, 1.165) is 31.5 Å². The van der Waals surface area contributed by atoms with Crippen molar-refractivity contribution < 1.29 is 29.8 Å². The van der Waals surface area contributed by atoms with Gasteiger partial charge < -0.3 is 0 Å². The summed E-state index contributed by atoms with van der Waals surface area (Å²) >= 11 is 6.18. The summed E-state index contributed by atoms with van der Waals surface area (Å²) in [5.74, 6) is 0. The van der Waals surface area contributed by atoms with Crippen LogP contribution >= 0.6 is 19.4 Å². The van der Waals surface area contributed by atoms with Gasteiger partial charge in [0, 0.05) is 11.6 Å². The molecule has 0 rings (SSSR count). The number of nitrogens with zero attached hydrogens (tertiary/aromatic N) is 2. The Morgan fingerprint density at radius 1 is 0.895 bits per heavy atom. The standard InChI is InChI=1S/C9H20ClN2.F6P/c1-5-11(6-2)9(10)12(7-3)8-4;1-7(2,3,4,5)6/h5-8H2,1-4H3;/q+1;-1. The quantitative estimate of drug-likeness (QED) is 0.167. The monoisotopic (exact) mass is 336 g/mol. The Kier molecular flexibility index (Phi) is 7.19. The molecule has 0 aliphatic carbocycles. The van der Waals surface area contributed by atoms with Crippen molar-refractivity contribution in [2.24, 2.45) is 0 Å². The van der Waals surface area contributed by atoms with Crippen molar-refractivity contribution in [3.8, 4) is 0 Å². The van der Waals surface area contributed by atoms with Crippen molar-refractivity contribution in [1.29, 1.82) is 0 Å². The zero-order chi connectivity index (χ0) is 16.0. The normalized spacial score (nSPS) is 14.7. The molecule has 0 spiro atoms. The van der Waals surface area contributed by atoms with E-state index in [1.165, 1.54) is 0 Å². The van der Waals surface area contributed by atoms with E-state index in [-0.39, 0.29) is 0 Å². The molecule has 0 bridgehead atoms. The molecule has 0 radical (unpaired) electrons. The van der Waals surface area contributed by atoms with Crippen molar-refractivity contribution in [2.45, 2.75) is 27.7 Å². The second kappa shape index (κ2) is 6.48. The summed E-state index contributed by atoms with van der Waals surface area (Å²) < 4.78 is 61.4. The van der Waals surface area contributed by atoms with Crippen molar-refractivity contribution in [3.05, 3.63) is 0 Å². The molecule has 0 saturated heterocycles. The third-order valence-electron chi connectivity index (χ3n) is 2.05. The van der Waals surface area contributed by atoms with E-state index in [1.807, 2.05) is 0 Å². The molecule has 0 saturated carbocycles. The van der Waals surface area contributed by atoms with Crippen LogP contribution < -0.4 is 0 Å². The third kappa shape index (κ3) is 17.8. The minimum atomic E-state index is -10.7. The Hall–Kier alpha value is -0.230. The SMILES string of the molecule is CCN(CC)C(Cl)=[N+](CC)CC.F[P-](F)(F)(F)(F)F. The molecule has 0 aliphatic heterocycles. The van der Waals surface area contributed by atoms with Gasteiger partial charge in [0.05, 0.1) is 26.2 Å². The Balaban J connectivity index is 0. The Morgan fingerprint density at radius 2 is 1.16 bits per heavy atom. The Morgan fingerprint density at radius 3 is 1.32 bits per heavy atom. The molecule has 0 aliphatic rings. The van der Waals surface area contributed by atoms with E-state index in [2.05, 4.69) is 37.2 Å². The molecule has 0 aromatic carbocycles. The molecule has 10 heteroatoms. The van der Waals surface area contributed by atoms with Gasteiger partial charge in [0.15, 0.2) is 0 Å². The molecule has 0 aromatic rings. The molecule has 0 atom stereocenters. The average molecular weight is 337 g/mol. The van der Waals surface area contributed by atoms with E-state index in [9.17, 15) is 25.2 Å². The minimum absolute atomic E-state index is 0.880. The van der Waals surface area contributed by atoms with Crippen LogP contribution in [0.3, 0.4) is 0 Å². The van der Waals surface area contributed by atoms with Gasteiger partial charge in [-0.3, -0.25) is 9.48 Å². The predicted molar refractivity (Wildman–Crippen MR) is 68.7 cm³/mol. The van der Waals surface area contributed by atoms with Crippen LogP contribution in [0.5, 0.6) is 0 Å². The molecule has 0 heterocycles. The first-order valence-electron chi connectivity index (χ1n) is 5.74. The zero-order valence-corrected chi connectivity index (χ0v) is 13.0. The molecule has 19 heavy (non-hydrogen) atoms. The predicted octanol–water partition coefficient (Wildman–Crippen LogP) is 5.36. The molecule has 0 amide bonds. The van der Waals surface area contributed by atoms with E-state index in [1.54, 1.807) is 0 Å².